The summed E-state index contributed by atoms with van der Waals surface area (Å²) in [5.74, 6) is 0.372. The van der Waals surface area contributed by atoms with Crippen molar-refractivity contribution < 1.29 is 14.6 Å². The summed E-state index contributed by atoms with van der Waals surface area (Å²) in [6.45, 7) is 2.34. The minimum Gasteiger partial charge on any atom is -0.488 e. The molecule has 0 amide bonds. The van der Waals surface area contributed by atoms with Crippen LogP contribution in [0.15, 0.2) is 60.8 Å². The van der Waals surface area contributed by atoms with E-state index in [-0.39, 0.29) is 5.56 Å². The molecule has 0 saturated carbocycles. The van der Waals surface area contributed by atoms with Gasteiger partial charge >= 0.3 is 5.97 Å². The van der Waals surface area contributed by atoms with Gasteiger partial charge in [-0.3, -0.25) is 0 Å². The van der Waals surface area contributed by atoms with E-state index < -0.39 is 5.97 Å². The number of fused-ring (bicyclic) bond motifs is 1. The van der Waals surface area contributed by atoms with Crippen molar-refractivity contribution in [3.63, 3.8) is 0 Å². The number of carboxylic acid groups (broad SMARTS) is 1. The molecule has 0 bridgehead atoms. The number of ether oxygens (including phenoxy) is 1. The van der Waals surface area contributed by atoms with E-state index in [4.69, 9.17) is 4.74 Å². The molecule has 0 spiro atoms. The fourth-order valence-corrected chi connectivity index (χ4v) is 4.14. The minimum absolute atomic E-state index is 0.0993. The summed E-state index contributed by atoms with van der Waals surface area (Å²) in [5.41, 5.74) is 4.44. The fourth-order valence-electron chi connectivity index (χ4n) is 4.14. The van der Waals surface area contributed by atoms with Gasteiger partial charge < -0.3 is 20.1 Å². The Kier molecular flexibility index (Phi) is 5.56. The first-order chi connectivity index (χ1) is 15.7. The van der Waals surface area contributed by atoms with Crippen molar-refractivity contribution in [3.05, 3.63) is 77.5 Å². The molecule has 0 unspecified atom stereocenters. The highest BCUT2D eigenvalue weighted by molar-refractivity contribution is 5.92. The van der Waals surface area contributed by atoms with Crippen LogP contribution in [0.5, 0.6) is 5.75 Å². The number of nitrogens with one attached hydrogen (secondary N) is 2. The monoisotopic (exact) mass is 428 g/mol. The highest BCUT2D eigenvalue weighted by atomic mass is 16.5. The molecule has 1 saturated heterocycles. The van der Waals surface area contributed by atoms with Gasteiger partial charge in [-0.25, -0.2) is 14.8 Å². The quantitative estimate of drug-likeness (QED) is 0.422. The number of aromatic nitrogens is 3. The number of aromatic amines is 1. The third-order valence-electron chi connectivity index (χ3n) is 5.89. The van der Waals surface area contributed by atoms with Crippen LogP contribution in [0, 0.1) is 0 Å². The van der Waals surface area contributed by atoms with Gasteiger partial charge in [0.25, 0.3) is 0 Å². The number of pyridine rings is 1. The van der Waals surface area contributed by atoms with Gasteiger partial charge in [0.15, 0.2) is 5.65 Å². The number of hydrogen-bond acceptors (Lipinski definition) is 5. The van der Waals surface area contributed by atoms with E-state index in [1.807, 2.05) is 42.6 Å². The van der Waals surface area contributed by atoms with Crippen molar-refractivity contribution in [2.45, 2.75) is 25.4 Å². The first-order valence-corrected chi connectivity index (χ1v) is 10.8. The zero-order chi connectivity index (χ0) is 21.9. The van der Waals surface area contributed by atoms with Crippen molar-refractivity contribution in [2.24, 2.45) is 0 Å². The number of imidazole rings is 1. The normalized spacial score (nSPS) is 14.5. The van der Waals surface area contributed by atoms with Gasteiger partial charge in [0.2, 0.25) is 0 Å². The molecule has 0 aliphatic carbocycles. The zero-order valence-electron chi connectivity index (χ0n) is 17.5. The molecule has 2 aromatic carbocycles. The number of benzene rings is 2. The third-order valence-corrected chi connectivity index (χ3v) is 5.89. The van der Waals surface area contributed by atoms with Crippen molar-refractivity contribution in [2.75, 3.05) is 13.1 Å². The van der Waals surface area contributed by atoms with Gasteiger partial charge in [0, 0.05) is 11.8 Å². The van der Waals surface area contributed by atoms with Crippen LogP contribution >= 0.6 is 0 Å². The Morgan fingerprint density at radius 1 is 1.09 bits per heavy atom. The van der Waals surface area contributed by atoms with Gasteiger partial charge in [0.05, 0.1) is 5.52 Å². The van der Waals surface area contributed by atoms with E-state index in [0.717, 1.165) is 37.0 Å². The molecule has 7 heteroatoms. The largest absolute Gasteiger partial charge is 0.488 e. The predicted molar refractivity (Wildman–Crippen MR) is 122 cm³/mol. The summed E-state index contributed by atoms with van der Waals surface area (Å²) >= 11 is 0. The Morgan fingerprint density at radius 3 is 2.69 bits per heavy atom. The maximum absolute atomic E-state index is 11.9. The second-order valence-corrected chi connectivity index (χ2v) is 8.04. The summed E-state index contributed by atoms with van der Waals surface area (Å²) in [7, 11) is 0. The van der Waals surface area contributed by atoms with Crippen LogP contribution in [0.2, 0.25) is 0 Å². The minimum atomic E-state index is -1.04. The predicted octanol–water partition coefficient (Wildman–Crippen LogP) is 4.37. The number of nitrogens with zero attached hydrogens (tertiary/aromatic N) is 2. The Morgan fingerprint density at radius 2 is 1.91 bits per heavy atom. The molecule has 4 aromatic rings. The van der Waals surface area contributed by atoms with Crippen LogP contribution in [-0.2, 0) is 6.61 Å². The molecule has 1 fully saturated rings. The molecule has 162 valence electrons. The number of hydrogen-bond donors (Lipinski definition) is 3. The van der Waals surface area contributed by atoms with Gasteiger partial charge in [-0.15, -0.1) is 0 Å². The van der Waals surface area contributed by atoms with Crippen molar-refractivity contribution in [1.82, 2.24) is 20.3 Å². The number of rotatable bonds is 6. The van der Waals surface area contributed by atoms with Crippen LogP contribution in [0.3, 0.4) is 0 Å². The maximum atomic E-state index is 11.9. The van der Waals surface area contributed by atoms with Gasteiger partial charge in [-0.2, -0.15) is 0 Å². The lowest BCUT2D eigenvalue weighted by atomic mass is 9.91. The maximum Gasteiger partial charge on any atom is 0.339 e. The van der Waals surface area contributed by atoms with Crippen LogP contribution in [-0.4, -0.2) is 39.1 Å². The Hall–Kier alpha value is -3.71. The topological polar surface area (TPSA) is 100 Å². The number of H-pyrrole nitrogens is 1. The lowest BCUT2D eigenvalue weighted by Gasteiger charge is -2.22. The van der Waals surface area contributed by atoms with Crippen molar-refractivity contribution in [3.8, 4) is 17.1 Å². The first kappa shape index (κ1) is 20.2. The molecule has 1 aliphatic heterocycles. The second kappa shape index (κ2) is 8.80. The van der Waals surface area contributed by atoms with Gasteiger partial charge in [-0.1, -0.05) is 30.3 Å². The number of carboxylic acids is 1. The Labute approximate surface area is 185 Å². The highest BCUT2D eigenvalue weighted by Crippen LogP contribution is 2.29. The molecule has 3 N–H and O–H groups in total. The van der Waals surface area contributed by atoms with E-state index >= 15 is 0 Å². The molecule has 7 nitrogen and oxygen atoms in total. The molecule has 2 aromatic heterocycles. The van der Waals surface area contributed by atoms with E-state index in [1.54, 1.807) is 12.1 Å². The molecule has 0 atom stereocenters. The summed E-state index contributed by atoms with van der Waals surface area (Å²) in [5, 5.41) is 13.1. The molecule has 32 heavy (non-hydrogen) atoms. The van der Waals surface area contributed by atoms with E-state index in [0.29, 0.717) is 35.3 Å². The van der Waals surface area contributed by atoms with Gasteiger partial charge in [-0.05, 0) is 67.2 Å². The van der Waals surface area contributed by atoms with Gasteiger partial charge in [0.1, 0.15) is 23.7 Å². The number of aromatic carboxylic acids is 1. The molecule has 5 rings (SSSR count). The third kappa shape index (κ3) is 4.20. The molecule has 1 aliphatic rings. The first-order valence-electron chi connectivity index (χ1n) is 10.8. The number of carbonyl (C=O) groups is 1. The lowest BCUT2D eigenvalue weighted by molar-refractivity contribution is 0.0692. The lowest BCUT2D eigenvalue weighted by Crippen LogP contribution is -2.26. The van der Waals surface area contributed by atoms with E-state index in [9.17, 15) is 9.90 Å². The average molecular weight is 428 g/mol. The smallest absolute Gasteiger partial charge is 0.339 e. The molecular weight excluding hydrogens is 404 g/mol. The van der Waals surface area contributed by atoms with E-state index in [2.05, 4.69) is 26.3 Å². The van der Waals surface area contributed by atoms with Crippen LogP contribution in [0.4, 0.5) is 0 Å². The summed E-state index contributed by atoms with van der Waals surface area (Å²) < 4.78 is 5.79. The van der Waals surface area contributed by atoms with Crippen molar-refractivity contribution >= 4 is 17.1 Å². The van der Waals surface area contributed by atoms with Crippen LogP contribution in [0.1, 0.15) is 40.2 Å². The molecule has 3 heterocycles. The average Bonchev–Trinajstić information content (AvgIpc) is 3.27. The van der Waals surface area contributed by atoms with E-state index in [1.165, 1.54) is 5.56 Å². The highest BCUT2D eigenvalue weighted by Gasteiger charge is 2.18. The molecule has 0 radical (unpaired) electrons. The Bertz CT molecular complexity index is 1250. The Balaban J connectivity index is 1.42. The summed E-state index contributed by atoms with van der Waals surface area (Å²) in [4.78, 5) is 24.3. The fraction of sp³-hybridized carbons (Fsp3) is 0.240. The second-order valence-electron chi connectivity index (χ2n) is 8.04. The standard InChI is InChI=1S/C25H24N4O3/c30-25(31)20-12-18(6-7-22(20)32-15-16-4-2-1-3-5-16)23-28-21-13-19(14-27-24(21)29-23)17-8-10-26-11-9-17/h1-7,12-14,17,26H,8-11,15H2,(H,30,31)(H,27,28,29). The van der Waals surface area contributed by atoms with Crippen LogP contribution in [0.25, 0.3) is 22.6 Å². The summed E-state index contributed by atoms with van der Waals surface area (Å²) in [6, 6.07) is 16.9. The van der Waals surface area contributed by atoms with Crippen molar-refractivity contribution in [1.29, 1.82) is 0 Å². The zero-order valence-corrected chi connectivity index (χ0v) is 17.5. The summed E-state index contributed by atoms with van der Waals surface area (Å²) in [6.07, 6.45) is 4.10. The van der Waals surface area contributed by atoms with Crippen LogP contribution < -0.4 is 10.1 Å². The number of piperidine rings is 1. The molecular formula is C25H24N4O3. The SMILES string of the molecule is O=C(O)c1cc(-c2nc3ncc(C4CCNCC4)cc3[nH]2)ccc1OCc1ccccc1.